The fourth-order valence-electron chi connectivity index (χ4n) is 4.38. The third-order valence-electron chi connectivity index (χ3n) is 6.83. The SMILES string of the molecule is CCOC(=O)c1nnc2n1CCN(C1CC1)C2.CCOC(=O)c1nnc2n1CCNC2.CCOC1(C)CC1. The zero-order valence-electron chi connectivity index (χ0n) is 22.9. The monoisotopic (exact) mass is 532 g/mol. The molecule has 0 aromatic carbocycles. The quantitative estimate of drug-likeness (QED) is 0.520. The Bertz CT molecular complexity index is 1090. The van der Waals surface area contributed by atoms with E-state index in [1.54, 1.807) is 18.4 Å². The Morgan fingerprint density at radius 1 is 0.868 bits per heavy atom. The maximum atomic E-state index is 11.6. The van der Waals surface area contributed by atoms with Gasteiger partial charge in [0.25, 0.3) is 0 Å². The standard InChI is InChI=1S/C11H16N4O2.C8H12N4O2.C6H12O/c1-2-17-11(16)10-13-12-9-7-14(8-3-4-8)5-6-15(9)10;1-2-14-8(13)7-11-10-6-5-9-3-4-12(6)7;1-3-7-6(2)4-5-6/h8H,2-7H2,1H3;9H,2-5H2,1H3;3-5H2,1-2H3. The van der Waals surface area contributed by atoms with Crippen molar-refractivity contribution < 1.29 is 23.8 Å². The van der Waals surface area contributed by atoms with Crippen molar-refractivity contribution in [3.63, 3.8) is 0 Å². The van der Waals surface area contributed by atoms with E-state index < -0.39 is 5.97 Å². The molecular formula is C25H40N8O5. The number of hydrogen-bond acceptors (Lipinski definition) is 11. The molecule has 0 atom stereocenters. The zero-order chi connectivity index (χ0) is 27.1. The third-order valence-corrected chi connectivity index (χ3v) is 6.83. The van der Waals surface area contributed by atoms with E-state index in [1.165, 1.54) is 25.7 Å². The second-order valence-corrected chi connectivity index (χ2v) is 9.89. The van der Waals surface area contributed by atoms with Gasteiger partial charge in [0.1, 0.15) is 11.6 Å². The molecule has 2 saturated carbocycles. The highest BCUT2D eigenvalue weighted by Crippen LogP contribution is 2.38. The maximum Gasteiger partial charge on any atom is 0.376 e. The number of aromatic nitrogens is 6. The van der Waals surface area contributed by atoms with E-state index in [2.05, 4.69) is 37.5 Å². The largest absolute Gasteiger partial charge is 0.460 e. The van der Waals surface area contributed by atoms with Crippen molar-refractivity contribution in [2.75, 3.05) is 32.9 Å². The van der Waals surface area contributed by atoms with Crippen molar-refractivity contribution in [1.82, 2.24) is 39.7 Å². The molecule has 4 heterocycles. The lowest BCUT2D eigenvalue weighted by Crippen LogP contribution is -2.36. The molecule has 0 bridgehead atoms. The normalized spacial score (nSPS) is 19.1. The molecule has 2 aromatic heterocycles. The Labute approximate surface area is 223 Å². The summed E-state index contributed by atoms with van der Waals surface area (Å²) >= 11 is 0. The highest BCUT2D eigenvalue weighted by molar-refractivity contribution is 5.85. The highest BCUT2D eigenvalue weighted by Gasteiger charge is 2.37. The van der Waals surface area contributed by atoms with Gasteiger partial charge in [0.05, 0.1) is 31.9 Å². The summed E-state index contributed by atoms with van der Waals surface area (Å²) in [6, 6.07) is 0.728. The molecule has 13 heteroatoms. The molecule has 1 N–H and O–H groups in total. The predicted octanol–water partition coefficient (Wildman–Crippen LogP) is 1.57. The van der Waals surface area contributed by atoms with E-state index in [1.807, 2.05) is 11.5 Å². The van der Waals surface area contributed by atoms with Crippen LogP contribution in [0.25, 0.3) is 0 Å². The Hall–Kier alpha value is -2.90. The summed E-state index contributed by atoms with van der Waals surface area (Å²) in [6.07, 6.45) is 5.11. The van der Waals surface area contributed by atoms with Crippen LogP contribution < -0.4 is 5.32 Å². The Balaban J connectivity index is 0.000000144. The molecular weight excluding hydrogens is 492 g/mol. The first-order valence-electron chi connectivity index (χ1n) is 13.7. The van der Waals surface area contributed by atoms with Crippen molar-refractivity contribution in [2.24, 2.45) is 0 Å². The molecule has 0 spiro atoms. The summed E-state index contributed by atoms with van der Waals surface area (Å²) in [6.45, 7) is 14.1. The lowest BCUT2D eigenvalue weighted by atomic mass is 10.3. The van der Waals surface area contributed by atoms with Gasteiger partial charge in [0.2, 0.25) is 11.6 Å². The molecule has 4 aliphatic rings. The topological polar surface area (TPSA) is 139 Å². The van der Waals surface area contributed by atoms with Gasteiger partial charge in [-0.3, -0.25) is 4.90 Å². The predicted molar refractivity (Wildman–Crippen MR) is 136 cm³/mol. The van der Waals surface area contributed by atoms with Gasteiger partial charge in [-0.05, 0) is 53.4 Å². The van der Waals surface area contributed by atoms with Crippen LogP contribution in [0.3, 0.4) is 0 Å². The first-order valence-corrected chi connectivity index (χ1v) is 13.7. The summed E-state index contributed by atoms with van der Waals surface area (Å²) in [5, 5.41) is 18.9. The van der Waals surface area contributed by atoms with E-state index in [4.69, 9.17) is 14.2 Å². The van der Waals surface area contributed by atoms with Crippen molar-refractivity contribution in [3.05, 3.63) is 23.3 Å². The second-order valence-electron chi connectivity index (χ2n) is 9.89. The van der Waals surface area contributed by atoms with Gasteiger partial charge in [-0.25, -0.2) is 9.59 Å². The van der Waals surface area contributed by atoms with Crippen molar-refractivity contribution in [3.8, 4) is 0 Å². The molecule has 0 unspecified atom stereocenters. The number of esters is 2. The number of rotatable bonds is 7. The lowest BCUT2D eigenvalue weighted by Gasteiger charge is -2.27. The summed E-state index contributed by atoms with van der Waals surface area (Å²) in [7, 11) is 0. The first kappa shape index (κ1) is 28.1. The van der Waals surface area contributed by atoms with Crippen LogP contribution in [0.1, 0.15) is 86.3 Å². The van der Waals surface area contributed by atoms with Crippen LogP contribution in [0.15, 0.2) is 0 Å². The minimum atomic E-state index is -0.395. The molecule has 2 aliphatic carbocycles. The van der Waals surface area contributed by atoms with Gasteiger partial charge >= 0.3 is 11.9 Å². The van der Waals surface area contributed by atoms with Crippen LogP contribution >= 0.6 is 0 Å². The average molecular weight is 533 g/mol. The number of carbonyl (C=O) groups excluding carboxylic acids is 2. The van der Waals surface area contributed by atoms with Gasteiger partial charge in [-0.1, -0.05) is 0 Å². The van der Waals surface area contributed by atoms with Crippen LogP contribution in [0.5, 0.6) is 0 Å². The molecule has 13 nitrogen and oxygen atoms in total. The molecule has 0 radical (unpaired) electrons. The van der Waals surface area contributed by atoms with Crippen LogP contribution in [-0.2, 0) is 40.4 Å². The lowest BCUT2D eigenvalue weighted by molar-refractivity contribution is 0.0494. The molecule has 210 valence electrons. The molecule has 38 heavy (non-hydrogen) atoms. The fraction of sp³-hybridized carbons (Fsp3) is 0.760. The Morgan fingerprint density at radius 2 is 1.47 bits per heavy atom. The van der Waals surface area contributed by atoms with E-state index in [0.29, 0.717) is 37.0 Å². The van der Waals surface area contributed by atoms with E-state index in [9.17, 15) is 9.59 Å². The molecule has 0 amide bonds. The number of nitrogens with zero attached hydrogens (tertiary/aromatic N) is 7. The van der Waals surface area contributed by atoms with Crippen LogP contribution in [0.4, 0.5) is 0 Å². The van der Waals surface area contributed by atoms with Gasteiger partial charge in [-0.15, -0.1) is 20.4 Å². The highest BCUT2D eigenvalue weighted by atomic mass is 16.5. The fourth-order valence-corrected chi connectivity index (χ4v) is 4.38. The number of fused-ring (bicyclic) bond motifs is 2. The van der Waals surface area contributed by atoms with E-state index >= 15 is 0 Å². The molecule has 2 aliphatic heterocycles. The van der Waals surface area contributed by atoms with Crippen LogP contribution in [-0.4, -0.2) is 90.9 Å². The number of ether oxygens (including phenoxy) is 3. The minimum absolute atomic E-state index is 0.300. The summed E-state index contributed by atoms with van der Waals surface area (Å²) < 4.78 is 18.9. The maximum absolute atomic E-state index is 11.6. The van der Waals surface area contributed by atoms with Gasteiger partial charge in [-0.2, -0.15) is 0 Å². The van der Waals surface area contributed by atoms with E-state index in [-0.39, 0.29) is 5.97 Å². The number of nitrogens with one attached hydrogen (secondary N) is 1. The van der Waals surface area contributed by atoms with Crippen molar-refractivity contribution in [1.29, 1.82) is 0 Å². The van der Waals surface area contributed by atoms with E-state index in [0.717, 1.165) is 57.0 Å². The smallest absolute Gasteiger partial charge is 0.376 e. The summed E-state index contributed by atoms with van der Waals surface area (Å²) in [5.74, 6) is 1.56. The number of hydrogen-bond donors (Lipinski definition) is 1. The minimum Gasteiger partial charge on any atom is -0.460 e. The third kappa shape index (κ3) is 7.14. The van der Waals surface area contributed by atoms with Crippen molar-refractivity contribution in [2.45, 2.75) is 91.2 Å². The number of carbonyl (C=O) groups is 2. The Morgan fingerprint density at radius 3 is 2.00 bits per heavy atom. The molecule has 6 rings (SSSR count). The van der Waals surface area contributed by atoms with Crippen LogP contribution in [0.2, 0.25) is 0 Å². The van der Waals surface area contributed by atoms with Crippen LogP contribution in [0, 0.1) is 0 Å². The molecule has 2 aromatic rings. The Kier molecular flexibility index (Phi) is 9.44. The van der Waals surface area contributed by atoms with Gasteiger partial charge in [0.15, 0.2) is 0 Å². The summed E-state index contributed by atoms with van der Waals surface area (Å²) in [4.78, 5) is 25.5. The molecule has 2 fully saturated rings. The molecule has 0 saturated heterocycles. The average Bonchev–Trinajstić information content (AvgIpc) is 3.81. The second kappa shape index (κ2) is 12.8. The van der Waals surface area contributed by atoms with Gasteiger partial charge < -0.3 is 28.7 Å². The zero-order valence-corrected chi connectivity index (χ0v) is 22.9. The first-order chi connectivity index (χ1) is 18.4. The van der Waals surface area contributed by atoms with Crippen molar-refractivity contribution >= 4 is 11.9 Å². The summed E-state index contributed by atoms with van der Waals surface area (Å²) in [5.41, 5.74) is 0.300. The van der Waals surface area contributed by atoms with Gasteiger partial charge in [0, 0.05) is 38.8 Å².